The Hall–Kier alpha value is -3.90. The van der Waals surface area contributed by atoms with Crippen LogP contribution in [-0.2, 0) is 15.8 Å². The van der Waals surface area contributed by atoms with E-state index in [0.717, 1.165) is 6.07 Å². The van der Waals surface area contributed by atoms with E-state index in [9.17, 15) is 27.6 Å². The van der Waals surface area contributed by atoms with Crippen molar-refractivity contribution in [3.05, 3.63) is 47.7 Å². The number of carboxylic acids is 1. The lowest BCUT2D eigenvalue weighted by molar-refractivity contribution is -0.141. The molecule has 1 aliphatic heterocycles. The first-order chi connectivity index (χ1) is 16.0. The Morgan fingerprint density at radius 2 is 1.82 bits per heavy atom. The van der Waals surface area contributed by atoms with Gasteiger partial charge in [-0.1, -0.05) is 12.1 Å². The number of piperidine rings is 1. The van der Waals surface area contributed by atoms with Crippen molar-refractivity contribution in [1.82, 2.24) is 15.5 Å². The second-order valence-corrected chi connectivity index (χ2v) is 7.61. The molecule has 4 N–H and O–H groups in total. The van der Waals surface area contributed by atoms with Crippen LogP contribution in [0.3, 0.4) is 0 Å². The summed E-state index contributed by atoms with van der Waals surface area (Å²) in [6.45, 7) is 0.886. The van der Waals surface area contributed by atoms with Gasteiger partial charge in [-0.25, -0.2) is 4.79 Å². The van der Waals surface area contributed by atoms with E-state index in [1.165, 1.54) is 30.3 Å². The van der Waals surface area contributed by atoms with Crippen molar-refractivity contribution >= 4 is 23.6 Å². The quantitative estimate of drug-likeness (QED) is 0.515. The summed E-state index contributed by atoms with van der Waals surface area (Å²) in [5.74, 6) is -2.90. The smallest absolute Gasteiger partial charge is 0.419 e. The normalized spacial score (nSPS) is 15.4. The van der Waals surface area contributed by atoms with Crippen LogP contribution in [0.4, 0.5) is 19.0 Å². The number of ether oxygens (including phenoxy) is 1. The predicted octanol–water partition coefficient (Wildman–Crippen LogP) is 1.60. The minimum Gasteiger partial charge on any atom is -0.490 e. The number of primary amides is 1. The average molecular weight is 481 g/mol. The zero-order valence-corrected chi connectivity index (χ0v) is 17.8. The van der Waals surface area contributed by atoms with Crippen LogP contribution >= 0.6 is 0 Å². The topological polar surface area (TPSA) is 148 Å². The highest BCUT2D eigenvalue weighted by molar-refractivity contribution is 5.96. The van der Waals surface area contributed by atoms with Gasteiger partial charge in [-0.15, -0.1) is 10.2 Å². The van der Waals surface area contributed by atoms with E-state index >= 15 is 0 Å². The number of hydrogen-bond acceptors (Lipinski definition) is 7. The predicted molar refractivity (Wildman–Crippen MR) is 112 cm³/mol. The molecular weight excluding hydrogens is 459 g/mol. The molecule has 1 aliphatic rings. The Morgan fingerprint density at radius 3 is 2.38 bits per heavy atom. The Bertz CT molecular complexity index is 1040. The van der Waals surface area contributed by atoms with Gasteiger partial charge in [0.15, 0.2) is 11.5 Å². The molecule has 0 radical (unpaired) electrons. The first kappa shape index (κ1) is 24.7. The van der Waals surface area contributed by atoms with Gasteiger partial charge in [0.2, 0.25) is 5.91 Å². The molecule has 10 nitrogen and oxygen atoms in total. The maximum absolute atomic E-state index is 13.2. The van der Waals surface area contributed by atoms with E-state index in [1.807, 2.05) is 4.90 Å². The minimum atomic E-state index is -4.51. The highest BCUT2D eigenvalue weighted by atomic mass is 19.4. The number of amides is 2. The number of nitrogens with two attached hydrogens (primary N) is 1. The summed E-state index contributed by atoms with van der Waals surface area (Å²) in [5.41, 5.74) is 4.01. The van der Waals surface area contributed by atoms with Gasteiger partial charge in [-0.05, 0) is 24.3 Å². The van der Waals surface area contributed by atoms with Gasteiger partial charge in [-0.3, -0.25) is 9.59 Å². The monoisotopic (exact) mass is 481 g/mol. The first-order valence-corrected chi connectivity index (χ1v) is 10.3. The number of aliphatic carboxylic acids is 1. The fraction of sp³-hybridized carbons (Fsp3) is 0.381. The summed E-state index contributed by atoms with van der Waals surface area (Å²) in [6.07, 6.45) is -4.59. The molecule has 0 aliphatic carbocycles. The van der Waals surface area contributed by atoms with Crippen LogP contribution in [0.5, 0.6) is 5.75 Å². The molecule has 2 amide bonds. The number of carbonyl (C=O) groups is 3. The van der Waals surface area contributed by atoms with E-state index in [-0.39, 0.29) is 11.4 Å². The number of alkyl halides is 3. The number of halogens is 3. The molecule has 1 aromatic carbocycles. The van der Waals surface area contributed by atoms with E-state index in [0.29, 0.717) is 31.7 Å². The molecule has 182 valence electrons. The Kier molecular flexibility index (Phi) is 7.54. The van der Waals surface area contributed by atoms with Gasteiger partial charge in [0.25, 0.3) is 5.91 Å². The molecule has 1 aromatic heterocycles. The standard InChI is InChI=1S/C21H22F3N5O5/c22-21(23,24)13-3-1-2-4-16(13)34-12-7-9-29(10-8-12)18-6-5-14(27-28-18)19(31)26-15(20(32)33)11-17(25)30/h1-6,12,15H,7-11H2,(H2,25,30)(H,26,31)(H,32,33)/t15-/m0/s1. The number of carbonyl (C=O) groups excluding carboxylic acids is 2. The molecule has 34 heavy (non-hydrogen) atoms. The van der Waals surface area contributed by atoms with Crippen molar-refractivity contribution < 1.29 is 37.4 Å². The lowest BCUT2D eigenvalue weighted by atomic mass is 10.1. The molecule has 0 bridgehead atoms. The summed E-state index contributed by atoms with van der Waals surface area (Å²) in [5, 5.41) is 19.0. The summed E-state index contributed by atoms with van der Waals surface area (Å²) >= 11 is 0. The van der Waals surface area contributed by atoms with Gasteiger partial charge in [-0.2, -0.15) is 13.2 Å². The van der Waals surface area contributed by atoms with Crippen LogP contribution < -0.4 is 20.7 Å². The fourth-order valence-corrected chi connectivity index (χ4v) is 3.43. The lowest BCUT2D eigenvalue weighted by Crippen LogP contribution is -2.43. The molecule has 1 saturated heterocycles. The second-order valence-electron chi connectivity index (χ2n) is 7.61. The summed E-state index contributed by atoms with van der Waals surface area (Å²) in [7, 11) is 0. The number of para-hydroxylation sites is 1. The molecular formula is C21H22F3N5O5. The van der Waals surface area contributed by atoms with E-state index < -0.39 is 48.1 Å². The van der Waals surface area contributed by atoms with Gasteiger partial charge < -0.3 is 25.8 Å². The maximum Gasteiger partial charge on any atom is 0.419 e. The molecule has 0 saturated carbocycles. The van der Waals surface area contributed by atoms with Crippen molar-refractivity contribution in [3.8, 4) is 5.75 Å². The maximum atomic E-state index is 13.2. The van der Waals surface area contributed by atoms with Crippen LogP contribution in [0, 0.1) is 0 Å². The summed E-state index contributed by atoms with van der Waals surface area (Å²) in [4.78, 5) is 36.1. The van der Waals surface area contributed by atoms with Gasteiger partial charge in [0.1, 0.15) is 17.9 Å². The van der Waals surface area contributed by atoms with E-state index in [2.05, 4.69) is 15.5 Å². The number of anilines is 1. The largest absolute Gasteiger partial charge is 0.490 e. The highest BCUT2D eigenvalue weighted by Crippen LogP contribution is 2.37. The van der Waals surface area contributed by atoms with Crippen LogP contribution in [0.25, 0.3) is 0 Å². The Morgan fingerprint density at radius 1 is 1.15 bits per heavy atom. The summed E-state index contributed by atoms with van der Waals surface area (Å²) < 4.78 is 45.1. The summed E-state index contributed by atoms with van der Waals surface area (Å²) in [6, 6.07) is 6.44. The number of nitrogens with one attached hydrogen (secondary N) is 1. The zero-order valence-electron chi connectivity index (χ0n) is 17.8. The molecule has 0 unspecified atom stereocenters. The number of aromatic nitrogens is 2. The van der Waals surface area contributed by atoms with Crippen LogP contribution in [-0.4, -0.2) is 58.3 Å². The third-order valence-electron chi connectivity index (χ3n) is 5.14. The molecule has 0 spiro atoms. The van der Waals surface area contributed by atoms with Gasteiger partial charge >= 0.3 is 12.1 Å². The molecule has 3 rings (SSSR count). The molecule has 1 atom stereocenters. The molecule has 1 fully saturated rings. The highest BCUT2D eigenvalue weighted by Gasteiger charge is 2.35. The van der Waals surface area contributed by atoms with Crippen LogP contribution in [0.2, 0.25) is 0 Å². The van der Waals surface area contributed by atoms with Crippen LogP contribution in [0.15, 0.2) is 36.4 Å². The molecule has 13 heteroatoms. The van der Waals surface area contributed by atoms with Crippen molar-refractivity contribution in [3.63, 3.8) is 0 Å². The minimum absolute atomic E-state index is 0.151. The van der Waals surface area contributed by atoms with E-state index in [1.54, 1.807) is 0 Å². The number of benzene rings is 1. The zero-order chi connectivity index (χ0) is 24.9. The third kappa shape index (κ3) is 6.33. The Balaban J connectivity index is 1.57. The fourth-order valence-electron chi connectivity index (χ4n) is 3.43. The van der Waals surface area contributed by atoms with Crippen molar-refractivity contribution in [1.29, 1.82) is 0 Å². The van der Waals surface area contributed by atoms with Crippen molar-refractivity contribution in [2.45, 2.75) is 37.6 Å². The molecule has 2 heterocycles. The van der Waals surface area contributed by atoms with Crippen LogP contribution in [0.1, 0.15) is 35.3 Å². The number of nitrogens with zero attached hydrogens (tertiary/aromatic N) is 3. The number of hydrogen-bond donors (Lipinski definition) is 3. The number of carboxylic acid groups (broad SMARTS) is 1. The second kappa shape index (κ2) is 10.4. The first-order valence-electron chi connectivity index (χ1n) is 10.3. The Labute approximate surface area is 191 Å². The van der Waals surface area contributed by atoms with Crippen molar-refractivity contribution in [2.24, 2.45) is 5.73 Å². The number of rotatable bonds is 8. The lowest BCUT2D eigenvalue weighted by Gasteiger charge is -2.33. The van der Waals surface area contributed by atoms with Crippen molar-refractivity contribution in [2.75, 3.05) is 18.0 Å². The van der Waals surface area contributed by atoms with Gasteiger partial charge in [0.05, 0.1) is 12.0 Å². The molecule has 2 aromatic rings. The average Bonchev–Trinajstić information content (AvgIpc) is 2.78. The third-order valence-corrected chi connectivity index (χ3v) is 5.14. The van der Waals surface area contributed by atoms with Gasteiger partial charge in [0, 0.05) is 25.9 Å². The SMILES string of the molecule is NC(=O)C[C@H](NC(=O)c1ccc(N2CCC(Oc3ccccc3C(F)(F)F)CC2)nn1)C(=O)O. The van der Waals surface area contributed by atoms with E-state index in [4.69, 9.17) is 15.6 Å².